The maximum absolute atomic E-state index is 12.1. The Bertz CT molecular complexity index is 717. The first-order valence-electron chi connectivity index (χ1n) is 8.39. The number of rotatable bonds is 9. The zero-order chi connectivity index (χ0) is 18.9. The normalized spacial score (nSPS) is 11.8. The van der Waals surface area contributed by atoms with Gasteiger partial charge in [0, 0.05) is 36.0 Å². The quantitative estimate of drug-likeness (QED) is 0.706. The minimum Gasteiger partial charge on any atom is -0.496 e. The van der Waals surface area contributed by atoms with E-state index in [0.29, 0.717) is 18.7 Å². The molecule has 140 valence electrons. The molecule has 26 heavy (non-hydrogen) atoms. The highest BCUT2D eigenvalue weighted by Crippen LogP contribution is 2.27. The number of hydrogen-bond acceptors (Lipinski definition) is 5. The fraction of sp³-hybridized carbons (Fsp3) is 0.368. The van der Waals surface area contributed by atoms with Gasteiger partial charge in [0.1, 0.15) is 5.75 Å². The number of amides is 2. The molecule has 0 aliphatic heterocycles. The third-order valence-electron chi connectivity index (χ3n) is 4.03. The van der Waals surface area contributed by atoms with Gasteiger partial charge in [-0.3, -0.25) is 9.59 Å². The smallest absolute Gasteiger partial charge is 0.252 e. The molecule has 0 fully saturated rings. The highest BCUT2D eigenvalue weighted by molar-refractivity contribution is 7.08. The Kier molecular flexibility index (Phi) is 7.62. The van der Waals surface area contributed by atoms with Crippen molar-refractivity contribution in [2.45, 2.75) is 12.5 Å². The lowest BCUT2D eigenvalue weighted by Crippen LogP contribution is -2.36. The van der Waals surface area contributed by atoms with E-state index in [1.807, 2.05) is 48.6 Å². The van der Waals surface area contributed by atoms with E-state index in [4.69, 9.17) is 4.74 Å². The second-order valence-electron chi connectivity index (χ2n) is 6.04. The predicted octanol–water partition coefficient (Wildman–Crippen LogP) is 2.30. The molecule has 0 bridgehead atoms. The molecular formula is C19H25N3O3S. The Labute approximate surface area is 158 Å². The van der Waals surface area contributed by atoms with Gasteiger partial charge in [-0.15, -0.1) is 0 Å². The first-order chi connectivity index (χ1) is 12.5. The third kappa shape index (κ3) is 5.57. The Morgan fingerprint density at radius 2 is 1.96 bits per heavy atom. The molecule has 0 saturated heterocycles. The van der Waals surface area contributed by atoms with Crippen molar-refractivity contribution < 1.29 is 14.3 Å². The van der Waals surface area contributed by atoms with Crippen LogP contribution in [0.2, 0.25) is 0 Å². The van der Waals surface area contributed by atoms with E-state index < -0.39 is 0 Å². The van der Waals surface area contributed by atoms with E-state index in [-0.39, 0.29) is 24.3 Å². The number of likely N-dealkylation sites (N-methyl/N-ethyl adjacent to an activating group) is 1. The number of methoxy groups -OCH3 is 1. The van der Waals surface area contributed by atoms with Crippen LogP contribution in [0.15, 0.2) is 41.1 Å². The Morgan fingerprint density at radius 1 is 1.19 bits per heavy atom. The Hall–Kier alpha value is -2.38. The second kappa shape index (κ2) is 9.94. The third-order valence-corrected chi connectivity index (χ3v) is 4.72. The first-order valence-corrected chi connectivity index (χ1v) is 9.33. The van der Waals surface area contributed by atoms with Gasteiger partial charge in [0.15, 0.2) is 0 Å². The Morgan fingerprint density at radius 3 is 2.62 bits per heavy atom. The van der Waals surface area contributed by atoms with Gasteiger partial charge in [-0.1, -0.05) is 18.2 Å². The number of hydrogen-bond donors (Lipinski definition) is 2. The van der Waals surface area contributed by atoms with E-state index in [9.17, 15) is 9.59 Å². The summed E-state index contributed by atoms with van der Waals surface area (Å²) < 4.78 is 5.42. The molecule has 2 amide bonds. The van der Waals surface area contributed by atoms with Crippen molar-refractivity contribution in [3.05, 3.63) is 52.2 Å². The lowest BCUT2D eigenvalue weighted by molar-refractivity contribution is -0.121. The van der Waals surface area contributed by atoms with Gasteiger partial charge in [0.2, 0.25) is 5.91 Å². The second-order valence-corrected chi connectivity index (χ2v) is 6.82. The summed E-state index contributed by atoms with van der Waals surface area (Å²) in [6, 6.07) is 9.54. The van der Waals surface area contributed by atoms with Crippen LogP contribution in [0.3, 0.4) is 0 Å². The lowest BCUT2D eigenvalue weighted by Gasteiger charge is -2.26. The number of carbonyl (C=O) groups excluding carboxylic acids is 2. The summed E-state index contributed by atoms with van der Waals surface area (Å²) in [4.78, 5) is 26.0. The van der Waals surface area contributed by atoms with Gasteiger partial charge in [0.25, 0.3) is 5.91 Å². The molecule has 1 aromatic carbocycles. The Balaban J connectivity index is 1.83. The van der Waals surface area contributed by atoms with Gasteiger partial charge >= 0.3 is 0 Å². The average molecular weight is 375 g/mol. The molecule has 7 heteroatoms. The van der Waals surface area contributed by atoms with Crippen LogP contribution in [0, 0.1) is 0 Å². The first kappa shape index (κ1) is 19.9. The molecule has 0 saturated carbocycles. The lowest BCUT2D eigenvalue weighted by atomic mass is 10.0. The van der Waals surface area contributed by atoms with Crippen LogP contribution < -0.4 is 15.4 Å². The van der Waals surface area contributed by atoms with Crippen molar-refractivity contribution in [3.8, 4) is 5.75 Å². The number of nitrogens with zero attached hydrogens (tertiary/aromatic N) is 1. The number of benzene rings is 1. The summed E-state index contributed by atoms with van der Waals surface area (Å²) in [5.41, 5.74) is 1.64. The van der Waals surface area contributed by atoms with Crippen molar-refractivity contribution >= 4 is 23.2 Å². The van der Waals surface area contributed by atoms with Crippen LogP contribution in [-0.4, -0.2) is 51.0 Å². The van der Waals surface area contributed by atoms with E-state index in [1.165, 1.54) is 11.3 Å². The summed E-state index contributed by atoms with van der Waals surface area (Å²) >= 11 is 1.47. The summed E-state index contributed by atoms with van der Waals surface area (Å²) in [5, 5.41) is 9.32. The standard InChI is InChI=1S/C19H25N3O3S/c1-22(2)16(15-6-4-5-7-17(15)25-3)12-21-18(23)8-10-20-19(24)14-9-11-26-13-14/h4-7,9,11,13,16H,8,10,12H2,1-3H3,(H,20,24)(H,21,23)/t16-/m1/s1. The fourth-order valence-corrected chi connectivity index (χ4v) is 3.23. The molecule has 6 nitrogen and oxygen atoms in total. The van der Waals surface area contributed by atoms with Crippen molar-refractivity contribution in [1.82, 2.24) is 15.5 Å². The highest BCUT2D eigenvalue weighted by atomic mass is 32.1. The van der Waals surface area contributed by atoms with E-state index >= 15 is 0 Å². The molecular weight excluding hydrogens is 350 g/mol. The van der Waals surface area contributed by atoms with Crippen molar-refractivity contribution in [1.29, 1.82) is 0 Å². The molecule has 2 N–H and O–H groups in total. The van der Waals surface area contributed by atoms with Crippen LogP contribution in [0.4, 0.5) is 0 Å². The monoisotopic (exact) mass is 375 g/mol. The topological polar surface area (TPSA) is 70.7 Å². The number of ether oxygens (including phenoxy) is 1. The van der Waals surface area contributed by atoms with Gasteiger partial charge in [-0.05, 0) is 31.6 Å². The van der Waals surface area contributed by atoms with E-state index in [2.05, 4.69) is 10.6 Å². The molecule has 2 aromatic rings. The minimum atomic E-state index is -0.153. The zero-order valence-electron chi connectivity index (χ0n) is 15.3. The molecule has 2 rings (SSSR count). The van der Waals surface area contributed by atoms with Gasteiger partial charge < -0.3 is 20.3 Å². The molecule has 0 unspecified atom stereocenters. The van der Waals surface area contributed by atoms with Gasteiger partial charge in [-0.2, -0.15) is 11.3 Å². The number of nitrogens with one attached hydrogen (secondary N) is 2. The maximum Gasteiger partial charge on any atom is 0.252 e. The van der Waals surface area contributed by atoms with Crippen LogP contribution in [-0.2, 0) is 4.79 Å². The number of carbonyl (C=O) groups is 2. The van der Waals surface area contributed by atoms with Crippen LogP contribution in [0.25, 0.3) is 0 Å². The molecule has 0 radical (unpaired) electrons. The molecule has 1 atom stereocenters. The van der Waals surface area contributed by atoms with Crippen molar-refractivity contribution in [2.75, 3.05) is 34.3 Å². The molecule has 0 spiro atoms. The predicted molar refractivity (Wildman–Crippen MR) is 104 cm³/mol. The molecule has 1 heterocycles. The van der Waals surface area contributed by atoms with Crippen LogP contribution >= 0.6 is 11.3 Å². The van der Waals surface area contributed by atoms with Crippen LogP contribution in [0.5, 0.6) is 5.75 Å². The maximum atomic E-state index is 12.1. The highest BCUT2D eigenvalue weighted by Gasteiger charge is 2.19. The summed E-state index contributed by atoms with van der Waals surface area (Å²) in [6.07, 6.45) is 0.238. The summed E-state index contributed by atoms with van der Waals surface area (Å²) in [6.45, 7) is 0.770. The van der Waals surface area contributed by atoms with E-state index in [0.717, 1.165) is 11.3 Å². The molecule has 0 aliphatic carbocycles. The number of para-hydroxylation sites is 1. The molecule has 1 aromatic heterocycles. The summed E-state index contributed by atoms with van der Waals surface area (Å²) in [7, 11) is 5.56. The van der Waals surface area contributed by atoms with Crippen molar-refractivity contribution in [2.24, 2.45) is 0 Å². The average Bonchev–Trinajstić information content (AvgIpc) is 3.16. The largest absolute Gasteiger partial charge is 0.496 e. The minimum absolute atomic E-state index is 0.00417. The summed E-state index contributed by atoms with van der Waals surface area (Å²) in [5.74, 6) is 0.542. The van der Waals surface area contributed by atoms with Gasteiger partial charge in [0.05, 0.1) is 13.2 Å². The van der Waals surface area contributed by atoms with Crippen molar-refractivity contribution in [3.63, 3.8) is 0 Å². The zero-order valence-corrected chi connectivity index (χ0v) is 16.1. The van der Waals surface area contributed by atoms with Gasteiger partial charge in [-0.25, -0.2) is 0 Å². The molecule has 0 aliphatic rings. The SMILES string of the molecule is COc1ccccc1[C@@H](CNC(=O)CCNC(=O)c1ccsc1)N(C)C. The van der Waals surface area contributed by atoms with Crippen LogP contribution in [0.1, 0.15) is 28.4 Å². The van der Waals surface area contributed by atoms with E-state index in [1.54, 1.807) is 18.6 Å². The fourth-order valence-electron chi connectivity index (χ4n) is 2.60. The number of thiophene rings is 1.